The van der Waals surface area contributed by atoms with Crippen molar-refractivity contribution in [2.75, 3.05) is 9.80 Å². The van der Waals surface area contributed by atoms with Gasteiger partial charge >= 0.3 is 0 Å². The fourth-order valence-corrected chi connectivity index (χ4v) is 9.74. The average molecular weight is 685 g/mol. The first-order chi connectivity index (χ1) is 25.6. The molecule has 2 nitrogen and oxygen atoms in total. The number of rotatable bonds is 4. The second-order valence-electron chi connectivity index (χ2n) is 16.7. The Kier molecular flexibility index (Phi) is 6.65. The van der Waals surface area contributed by atoms with E-state index in [4.69, 9.17) is 0 Å². The van der Waals surface area contributed by atoms with Crippen LogP contribution in [0, 0.1) is 0 Å². The van der Waals surface area contributed by atoms with E-state index in [2.05, 4.69) is 209 Å². The number of hydrogen-bond donors (Lipinski definition) is 0. The lowest BCUT2D eigenvalue weighted by Gasteiger charge is -2.42. The Labute approximate surface area is 314 Å². The fraction of sp³-hybridized carbons (Fsp3) is 0.176. The molecule has 0 amide bonds. The van der Waals surface area contributed by atoms with Crippen LogP contribution in [0.5, 0.6) is 0 Å². The van der Waals surface area contributed by atoms with Crippen LogP contribution in [0.15, 0.2) is 158 Å². The van der Waals surface area contributed by atoms with E-state index in [1.165, 1.54) is 78.4 Å². The van der Waals surface area contributed by atoms with E-state index in [0.717, 1.165) is 11.4 Å². The molecule has 53 heavy (non-hydrogen) atoms. The maximum atomic E-state index is 2.55. The van der Waals surface area contributed by atoms with E-state index in [9.17, 15) is 0 Å². The molecular weight excluding hydrogens is 641 g/mol. The predicted molar refractivity (Wildman–Crippen MR) is 223 cm³/mol. The molecule has 2 aliphatic carbocycles. The van der Waals surface area contributed by atoms with Crippen LogP contribution in [0.2, 0.25) is 0 Å². The van der Waals surface area contributed by atoms with Gasteiger partial charge in [-0.15, -0.1) is 0 Å². The Bertz CT molecular complexity index is 2540. The summed E-state index contributed by atoms with van der Waals surface area (Å²) in [7, 11) is 0. The lowest BCUT2D eigenvalue weighted by atomic mass is 9.72. The van der Waals surface area contributed by atoms with Crippen LogP contribution in [0.25, 0.3) is 22.3 Å². The Morgan fingerprint density at radius 2 is 0.792 bits per heavy atom. The quantitative estimate of drug-likeness (QED) is 0.182. The number of hydrogen-bond acceptors (Lipinski definition) is 2. The summed E-state index contributed by atoms with van der Waals surface area (Å²) in [5, 5.41) is 0. The van der Waals surface area contributed by atoms with E-state index in [0.29, 0.717) is 0 Å². The summed E-state index contributed by atoms with van der Waals surface area (Å²) in [5.74, 6) is 0. The predicted octanol–water partition coefficient (Wildman–Crippen LogP) is 13.9. The topological polar surface area (TPSA) is 6.48 Å². The fourth-order valence-electron chi connectivity index (χ4n) is 9.74. The van der Waals surface area contributed by atoms with Crippen molar-refractivity contribution in [3.8, 4) is 22.3 Å². The first-order valence-electron chi connectivity index (χ1n) is 18.9. The van der Waals surface area contributed by atoms with Gasteiger partial charge in [0.25, 0.3) is 0 Å². The van der Waals surface area contributed by atoms with Crippen molar-refractivity contribution in [2.24, 2.45) is 0 Å². The monoisotopic (exact) mass is 684 g/mol. The number of para-hydroxylation sites is 4. The van der Waals surface area contributed by atoms with Gasteiger partial charge in [-0.25, -0.2) is 0 Å². The zero-order valence-corrected chi connectivity index (χ0v) is 31.4. The van der Waals surface area contributed by atoms with E-state index in [-0.39, 0.29) is 16.2 Å². The van der Waals surface area contributed by atoms with Crippen LogP contribution in [0.4, 0.5) is 34.1 Å². The largest absolute Gasteiger partial charge is 0.310 e. The van der Waals surface area contributed by atoms with Gasteiger partial charge in [-0.1, -0.05) is 120 Å². The van der Waals surface area contributed by atoms with Gasteiger partial charge in [-0.3, -0.25) is 0 Å². The second-order valence-corrected chi connectivity index (χ2v) is 16.7. The Balaban J connectivity index is 1.14. The van der Waals surface area contributed by atoms with Crippen molar-refractivity contribution in [2.45, 2.75) is 57.8 Å². The molecule has 0 atom stereocenters. The number of benzene rings is 7. The minimum absolute atomic E-state index is 0.162. The summed E-state index contributed by atoms with van der Waals surface area (Å²) in [6.45, 7) is 14.5. The molecule has 1 aliphatic heterocycles. The van der Waals surface area contributed by atoms with Crippen molar-refractivity contribution < 1.29 is 0 Å². The van der Waals surface area contributed by atoms with Crippen molar-refractivity contribution in [3.05, 3.63) is 191 Å². The highest BCUT2D eigenvalue weighted by molar-refractivity contribution is 5.94. The maximum absolute atomic E-state index is 2.55. The molecule has 1 heterocycles. The third-order valence-electron chi connectivity index (χ3n) is 12.6. The second kappa shape index (κ2) is 11.1. The lowest BCUT2D eigenvalue weighted by Crippen LogP contribution is -2.31. The van der Waals surface area contributed by atoms with Crippen LogP contribution in [-0.2, 0) is 16.2 Å². The molecule has 258 valence electrons. The molecule has 0 spiro atoms. The normalized spacial score (nSPS) is 16.2. The lowest BCUT2D eigenvalue weighted by molar-refractivity contribution is 0.627. The van der Waals surface area contributed by atoms with Gasteiger partial charge in [-0.2, -0.15) is 0 Å². The number of nitrogens with zero attached hydrogens (tertiary/aromatic N) is 2. The van der Waals surface area contributed by atoms with Crippen LogP contribution in [0.1, 0.15) is 74.9 Å². The van der Waals surface area contributed by atoms with Crippen molar-refractivity contribution in [3.63, 3.8) is 0 Å². The van der Waals surface area contributed by atoms with Gasteiger partial charge in [0, 0.05) is 39.0 Å². The maximum Gasteiger partial charge on any atom is 0.0506 e. The standard InChI is InChI=1S/C51H44N2/c1-49(2)41-24-16-17-25-47(41)53(35-22-14-9-15-23-35)48-32-45-40(31-46(48)49)39-30-43-38(29-44(39)51(45,5)6)37-27-26-36(28-42(37)50(43,3)4)52(33-18-10-7-11-19-33)34-20-12-8-13-21-34/h7-32H,1-6H3. The third-order valence-corrected chi connectivity index (χ3v) is 12.6. The van der Waals surface area contributed by atoms with Gasteiger partial charge in [0.05, 0.1) is 11.4 Å². The summed E-state index contributed by atoms with van der Waals surface area (Å²) in [6.07, 6.45) is 0. The zero-order valence-electron chi connectivity index (χ0n) is 31.4. The van der Waals surface area contributed by atoms with Crippen molar-refractivity contribution >= 4 is 34.1 Å². The molecule has 10 rings (SSSR count). The van der Waals surface area contributed by atoms with E-state index < -0.39 is 0 Å². The van der Waals surface area contributed by atoms with Gasteiger partial charge < -0.3 is 9.80 Å². The highest BCUT2D eigenvalue weighted by Crippen LogP contribution is 2.60. The molecule has 3 aliphatic rings. The van der Waals surface area contributed by atoms with Crippen LogP contribution < -0.4 is 9.80 Å². The van der Waals surface area contributed by atoms with Crippen LogP contribution >= 0.6 is 0 Å². The zero-order chi connectivity index (χ0) is 36.3. The SMILES string of the molecule is CC1(C)c2cc(N(c3ccccc3)c3ccccc3)ccc2-c2cc3c(cc21)-c1cc2c(cc1C3(C)C)N(c1ccccc1)c1ccccc1C2(C)C. The first-order valence-corrected chi connectivity index (χ1v) is 18.9. The molecule has 0 bridgehead atoms. The molecule has 0 radical (unpaired) electrons. The molecule has 7 aromatic rings. The van der Waals surface area contributed by atoms with Gasteiger partial charge in [0.1, 0.15) is 0 Å². The van der Waals surface area contributed by atoms with Gasteiger partial charge in [0.2, 0.25) is 0 Å². The van der Waals surface area contributed by atoms with Crippen LogP contribution in [-0.4, -0.2) is 0 Å². The smallest absolute Gasteiger partial charge is 0.0506 e. The number of fused-ring (bicyclic) bond motifs is 8. The minimum Gasteiger partial charge on any atom is -0.310 e. The first kappa shape index (κ1) is 31.8. The summed E-state index contributed by atoms with van der Waals surface area (Å²) < 4.78 is 0. The molecule has 0 unspecified atom stereocenters. The van der Waals surface area contributed by atoms with Gasteiger partial charge in [0.15, 0.2) is 0 Å². The molecule has 0 saturated heterocycles. The van der Waals surface area contributed by atoms with Gasteiger partial charge in [-0.05, 0) is 134 Å². The Morgan fingerprint density at radius 3 is 1.40 bits per heavy atom. The summed E-state index contributed by atoms with van der Waals surface area (Å²) in [6, 6.07) is 58.6. The van der Waals surface area contributed by atoms with Crippen molar-refractivity contribution in [1.82, 2.24) is 0 Å². The molecule has 0 aromatic heterocycles. The van der Waals surface area contributed by atoms with Crippen LogP contribution in [0.3, 0.4) is 0 Å². The molecule has 0 fully saturated rings. The summed E-state index contributed by atoms with van der Waals surface area (Å²) in [4.78, 5) is 4.86. The Morgan fingerprint density at radius 1 is 0.340 bits per heavy atom. The van der Waals surface area contributed by atoms with E-state index in [1.807, 2.05) is 0 Å². The van der Waals surface area contributed by atoms with E-state index in [1.54, 1.807) is 0 Å². The van der Waals surface area contributed by atoms with Crippen molar-refractivity contribution in [1.29, 1.82) is 0 Å². The Hall–Kier alpha value is -5.86. The highest BCUT2D eigenvalue weighted by Gasteiger charge is 2.45. The molecule has 0 saturated carbocycles. The molecule has 0 N–H and O–H groups in total. The minimum atomic E-state index is -0.168. The van der Waals surface area contributed by atoms with E-state index >= 15 is 0 Å². The third kappa shape index (κ3) is 4.45. The average Bonchev–Trinajstić information content (AvgIpc) is 3.53. The summed E-state index contributed by atoms with van der Waals surface area (Å²) >= 11 is 0. The number of anilines is 6. The highest BCUT2D eigenvalue weighted by atomic mass is 15.2. The molecule has 7 aromatic carbocycles. The summed E-state index contributed by atoms with van der Waals surface area (Å²) in [5.41, 5.74) is 20.5. The molecular formula is C51H44N2. The molecule has 2 heteroatoms.